The van der Waals surface area contributed by atoms with E-state index < -0.39 is 0 Å². The zero-order valence-corrected chi connectivity index (χ0v) is 17.2. The van der Waals surface area contributed by atoms with Crippen LogP contribution >= 0.6 is 11.3 Å². The van der Waals surface area contributed by atoms with Crippen molar-refractivity contribution in [3.63, 3.8) is 0 Å². The van der Waals surface area contributed by atoms with E-state index in [1.807, 2.05) is 12.3 Å². The predicted octanol–water partition coefficient (Wildman–Crippen LogP) is 4.12. The maximum Gasteiger partial charge on any atom is 0.270 e. The smallest absolute Gasteiger partial charge is 0.270 e. The number of nitro groups is 1. The third kappa shape index (κ3) is 3.59. The minimum absolute atomic E-state index is 0.112. The van der Waals surface area contributed by atoms with Crippen LogP contribution in [0.5, 0.6) is 0 Å². The van der Waals surface area contributed by atoms with Crippen LogP contribution in [0.3, 0.4) is 0 Å². The largest absolute Gasteiger partial charge is 0.354 e. The first kappa shape index (κ1) is 18.9. The monoisotopic (exact) mass is 419 g/mol. The number of hydrogen-bond donors (Lipinski definition) is 0. The van der Waals surface area contributed by atoms with E-state index in [4.69, 9.17) is 0 Å². The molecule has 1 aliphatic heterocycles. The molecule has 4 aromatic rings. The van der Waals surface area contributed by atoms with E-state index in [1.165, 1.54) is 16.2 Å². The van der Waals surface area contributed by atoms with E-state index in [9.17, 15) is 10.1 Å². The Morgan fingerprint density at radius 2 is 1.83 bits per heavy atom. The Morgan fingerprint density at radius 1 is 1.00 bits per heavy atom. The fraction of sp³-hybridized carbons (Fsp3) is 0.273. The fourth-order valence-electron chi connectivity index (χ4n) is 4.12. The topological polar surface area (TPSA) is 75.4 Å². The number of benzene rings is 1. The van der Waals surface area contributed by atoms with Gasteiger partial charge >= 0.3 is 0 Å². The lowest BCUT2D eigenvalue weighted by Gasteiger charge is -2.35. The number of nitrogens with zero attached hydrogens (tertiary/aromatic N) is 5. The molecular weight excluding hydrogens is 398 g/mol. The Morgan fingerprint density at radius 3 is 2.67 bits per heavy atom. The minimum Gasteiger partial charge on any atom is -0.354 e. The second kappa shape index (κ2) is 7.97. The van der Waals surface area contributed by atoms with Crippen LogP contribution in [0.25, 0.3) is 21.0 Å². The highest BCUT2D eigenvalue weighted by atomic mass is 32.1. The molecule has 1 aliphatic rings. The highest BCUT2D eigenvalue weighted by molar-refractivity contribution is 7.17. The van der Waals surface area contributed by atoms with Crippen molar-refractivity contribution in [2.45, 2.75) is 6.42 Å². The van der Waals surface area contributed by atoms with Gasteiger partial charge in [0, 0.05) is 72.7 Å². The molecule has 1 fully saturated rings. The highest BCUT2D eigenvalue weighted by Crippen LogP contribution is 2.29. The molecule has 0 N–H and O–H groups in total. The number of non-ortho nitro benzene ring substituents is 1. The van der Waals surface area contributed by atoms with E-state index in [-0.39, 0.29) is 10.6 Å². The number of rotatable bonds is 5. The number of hydrogen-bond acceptors (Lipinski definition) is 7. The molecule has 8 heteroatoms. The van der Waals surface area contributed by atoms with Crippen molar-refractivity contribution < 1.29 is 4.92 Å². The Bertz CT molecular complexity index is 1220. The Balaban J connectivity index is 1.26. The van der Waals surface area contributed by atoms with Crippen molar-refractivity contribution >= 4 is 43.8 Å². The molecule has 30 heavy (non-hydrogen) atoms. The van der Waals surface area contributed by atoms with Crippen molar-refractivity contribution in [1.29, 1.82) is 0 Å². The van der Waals surface area contributed by atoms with Crippen molar-refractivity contribution in [2.24, 2.45) is 0 Å². The van der Waals surface area contributed by atoms with Crippen LogP contribution < -0.4 is 4.90 Å². The second-order valence-electron chi connectivity index (χ2n) is 7.47. The van der Waals surface area contributed by atoms with Gasteiger partial charge in [-0.25, -0.2) is 4.98 Å². The third-order valence-corrected chi connectivity index (χ3v) is 6.64. The average Bonchev–Trinajstić information content (AvgIpc) is 3.26. The molecule has 0 bridgehead atoms. The van der Waals surface area contributed by atoms with Crippen LogP contribution in [0.2, 0.25) is 0 Å². The maximum atomic E-state index is 11.1. The quantitative estimate of drug-likeness (QED) is 0.358. The first-order valence-electron chi connectivity index (χ1n) is 10.0. The summed E-state index contributed by atoms with van der Waals surface area (Å²) in [7, 11) is 0. The molecule has 4 heterocycles. The van der Waals surface area contributed by atoms with Crippen LogP contribution in [-0.2, 0) is 6.42 Å². The Hall–Kier alpha value is -3.10. The van der Waals surface area contributed by atoms with E-state index in [0.717, 1.165) is 61.4 Å². The van der Waals surface area contributed by atoms with Gasteiger partial charge < -0.3 is 4.90 Å². The van der Waals surface area contributed by atoms with Gasteiger partial charge in [-0.05, 0) is 41.6 Å². The molecule has 0 amide bonds. The van der Waals surface area contributed by atoms with Gasteiger partial charge in [0.25, 0.3) is 5.69 Å². The molecule has 0 radical (unpaired) electrons. The van der Waals surface area contributed by atoms with Gasteiger partial charge in [0.05, 0.1) is 10.4 Å². The van der Waals surface area contributed by atoms with Crippen molar-refractivity contribution in [2.75, 3.05) is 37.6 Å². The summed E-state index contributed by atoms with van der Waals surface area (Å²) in [6.07, 6.45) is 4.53. The summed E-state index contributed by atoms with van der Waals surface area (Å²) in [5.74, 6) is 1.08. The number of fused-ring (bicyclic) bond motifs is 2. The number of thiophene rings is 1. The molecule has 1 saturated heterocycles. The van der Waals surface area contributed by atoms with Crippen LogP contribution in [-0.4, -0.2) is 52.5 Å². The Labute approximate surface area is 177 Å². The first-order valence-corrected chi connectivity index (χ1v) is 10.9. The SMILES string of the molecule is O=[N+]([O-])c1ccc2nccc(CCN3CCN(c4nccc5sccc45)CC3)c2c1. The fourth-order valence-corrected chi connectivity index (χ4v) is 4.89. The first-order chi connectivity index (χ1) is 14.7. The highest BCUT2D eigenvalue weighted by Gasteiger charge is 2.20. The van der Waals surface area contributed by atoms with Crippen LogP contribution in [0.15, 0.2) is 54.2 Å². The van der Waals surface area contributed by atoms with E-state index in [2.05, 4.69) is 37.3 Å². The second-order valence-corrected chi connectivity index (χ2v) is 8.42. The van der Waals surface area contributed by atoms with Gasteiger partial charge in [0.2, 0.25) is 0 Å². The van der Waals surface area contributed by atoms with Gasteiger partial charge in [0.15, 0.2) is 0 Å². The number of pyridine rings is 2. The molecule has 7 nitrogen and oxygen atoms in total. The predicted molar refractivity (Wildman–Crippen MR) is 120 cm³/mol. The third-order valence-electron chi connectivity index (χ3n) is 5.75. The zero-order chi connectivity index (χ0) is 20.5. The number of aromatic nitrogens is 2. The summed E-state index contributed by atoms with van der Waals surface area (Å²) in [4.78, 5) is 24.6. The van der Waals surface area contributed by atoms with Gasteiger partial charge in [-0.1, -0.05) is 0 Å². The van der Waals surface area contributed by atoms with E-state index in [1.54, 1.807) is 29.7 Å². The summed E-state index contributed by atoms with van der Waals surface area (Å²) in [5, 5.41) is 15.4. The molecular formula is C22H21N5O2S. The van der Waals surface area contributed by atoms with Crippen LogP contribution in [0.4, 0.5) is 11.5 Å². The summed E-state index contributed by atoms with van der Waals surface area (Å²) in [5.41, 5.74) is 2.02. The summed E-state index contributed by atoms with van der Waals surface area (Å²) >= 11 is 1.75. The van der Waals surface area contributed by atoms with Crippen molar-refractivity contribution in [1.82, 2.24) is 14.9 Å². The molecule has 0 aliphatic carbocycles. The molecule has 3 aromatic heterocycles. The number of piperazine rings is 1. The van der Waals surface area contributed by atoms with Crippen molar-refractivity contribution in [3.05, 3.63) is 69.8 Å². The van der Waals surface area contributed by atoms with Gasteiger partial charge in [0.1, 0.15) is 5.82 Å². The molecule has 152 valence electrons. The van der Waals surface area contributed by atoms with E-state index in [0.29, 0.717) is 0 Å². The molecule has 1 aromatic carbocycles. The summed E-state index contributed by atoms with van der Waals surface area (Å²) < 4.78 is 1.28. The average molecular weight is 420 g/mol. The minimum atomic E-state index is -0.350. The van der Waals surface area contributed by atoms with Gasteiger partial charge in [-0.3, -0.25) is 20.0 Å². The maximum absolute atomic E-state index is 11.1. The lowest BCUT2D eigenvalue weighted by Crippen LogP contribution is -2.47. The normalized spacial score (nSPS) is 15.1. The summed E-state index contributed by atoms with van der Waals surface area (Å²) in [6.45, 7) is 4.78. The lowest BCUT2D eigenvalue weighted by atomic mass is 10.1. The number of anilines is 1. The molecule has 5 rings (SSSR count). The molecule has 0 unspecified atom stereocenters. The Kier molecular flexibility index (Phi) is 5.02. The van der Waals surface area contributed by atoms with Gasteiger partial charge in [-0.2, -0.15) is 0 Å². The van der Waals surface area contributed by atoms with Gasteiger partial charge in [-0.15, -0.1) is 11.3 Å². The standard InChI is InChI=1S/C22H21N5O2S/c28-27(29)17-1-2-20-19(15-17)16(3-7-23-20)5-9-25-10-12-26(13-11-25)22-18-6-14-30-21(18)4-8-24-22/h1-4,6-8,14-15H,5,9-13H2. The number of nitro benzene ring substituents is 1. The van der Waals surface area contributed by atoms with Crippen molar-refractivity contribution in [3.8, 4) is 0 Å². The lowest BCUT2D eigenvalue weighted by molar-refractivity contribution is -0.384. The molecule has 0 atom stereocenters. The molecule has 0 spiro atoms. The zero-order valence-electron chi connectivity index (χ0n) is 16.4. The molecule has 0 saturated carbocycles. The van der Waals surface area contributed by atoms with Crippen LogP contribution in [0.1, 0.15) is 5.56 Å². The van der Waals surface area contributed by atoms with Crippen LogP contribution in [0, 0.1) is 10.1 Å². The van der Waals surface area contributed by atoms with E-state index >= 15 is 0 Å². The summed E-state index contributed by atoms with van der Waals surface area (Å²) in [6, 6.07) is 11.1.